The average molecular weight is 305 g/mol. The second-order valence-electron chi connectivity index (χ2n) is 5.75. The van der Waals surface area contributed by atoms with E-state index in [2.05, 4.69) is 36.2 Å². The number of nitrogens with zero attached hydrogens (tertiary/aromatic N) is 1. The van der Waals surface area contributed by atoms with Crippen molar-refractivity contribution in [1.29, 1.82) is 0 Å². The molecule has 1 fully saturated rings. The van der Waals surface area contributed by atoms with Crippen molar-refractivity contribution in [3.63, 3.8) is 0 Å². The highest BCUT2D eigenvalue weighted by Crippen LogP contribution is 2.28. The van der Waals surface area contributed by atoms with E-state index >= 15 is 0 Å². The Hall–Kier alpha value is -1.06. The molecule has 0 aromatic heterocycles. The fraction of sp³-hybridized carbons (Fsp3) is 0.588. The van der Waals surface area contributed by atoms with Crippen molar-refractivity contribution in [3.05, 3.63) is 29.8 Å². The molecule has 1 aromatic rings. The average Bonchev–Trinajstić information content (AvgIpc) is 2.54. The lowest BCUT2D eigenvalue weighted by Gasteiger charge is -2.30. The molecule has 114 valence electrons. The summed E-state index contributed by atoms with van der Waals surface area (Å²) in [5, 5.41) is 2.36. The molecule has 0 N–H and O–H groups in total. The Labute approximate surface area is 132 Å². The minimum absolute atomic E-state index is 0.254. The number of hydrogen-bond acceptors (Lipinski definition) is 4. The van der Waals surface area contributed by atoms with E-state index in [9.17, 15) is 0 Å². The maximum absolute atomic E-state index is 5.85. The quantitative estimate of drug-likeness (QED) is 0.553. The van der Waals surface area contributed by atoms with Crippen LogP contribution in [-0.2, 0) is 9.47 Å². The summed E-state index contributed by atoms with van der Waals surface area (Å²) < 4.78 is 11.7. The van der Waals surface area contributed by atoms with E-state index in [4.69, 9.17) is 9.47 Å². The summed E-state index contributed by atoms with van der Waals surface area (Å²) in [5.41, 5.74) is 1.83. The third-order valence-corrected chi connectivity index (χ3v) is 4.16. The fourth-order valence-electron chi connectivity index (χ4n) is 2.39. The Balaban J connectivity index is 1.81. The predicted octanol–water partition coefficient (Wildman–Crippen LogP) is 4.91. The standard InChI is InChI=1S/C17H23NO2S/c1-3-13(2)4-5-14-10-19-17(20-11-14)15-6-8-16(9-7-15)18-12-21/h6-9,13-14,17H,3-5,10-11H2,1-2H3/t13?,14-,17-. The number of benzene rings is 1. The monoisotopic (exact) mass is 305 g/mol. The summed E-state index contributed by atoms with van der Waals surface area (Å²) in [7, 11) is 0. The zero-order valence-electron chi connectivity index (χ0n) is 12.7. The van der Waals surface area contributed by atoms with Crippen LogP contribution in [0.3, 0.4) is 0 Å². The molecule has 4 heteroatoms. The molecule has 1 saturated heterocycles. The van der Waals surface area contributed by atoms with Crippen molar-refractivity contribution in [3.8, 4) is 0 Å². The zero-order chi connectivity index (χ0) is 15.1. The van der Waals surface area contributed by atoms with Crippen molar-refractivity contribution >= 4 is 23.1 Å². The van der Waals surface area contributed by atoms with E-state index in [0.717, 1.165) is 30.4 Å². The molecule has 1 aliphatic rings. The van der Waals surface area contributed by atoms with Gasteiger partial charge in [0.2, 0.25) is 0 Å². The van der Waals surface area contributed by atoms with Gasteiger partial charge in [-0.2, -0.15) is 4.99 Å². The van der Waals surface area contributed by atoms with Crippen molar-refractivity contribution in [2.24, 2.45) is 16.8 Å². The number of ether oxygens (including phenoxy) is 2. The Kier molecular flexibility index (Phi) is 6.52. The molecule has 3 nitrogen and oxygen atoms in total. The van der Waals surface area contributed by atoms with Gasteiger partial charge in [-0.15, -0.1) is 0 Å². The van der Waals surface area contributed by atoms with Crippen LogP contribution in [0.4, 0.5) is 5.69 Å². The summed E-state index contributed by atoms with van der Waals surface area (Å²) in [6, 6.07) is 7.73. The maximum atomic E-state index is 5.85. The van der Waals surface area contributed by atoms with Crippen molar-refractivity contribution in [2.75, 3.05) is 13.2 Å². The smallest absolute Gasteiger partial charge is 0.183 e. The van der Waals surface area contributed by atoms with E-state index in [1.165, 1.54) is 19.3 Å². The number of thiocarbonyl (C=S) groups is 1. The topological polar surface area (TPSA) is 30.8 Å². The first-order chi connectivity index (χ1) is 10.2. The molecule has 0 bridgehead atoms. The molecule has 2 rings (SSSR count). The normalized spacial score (nSPS) is 23.3. The van der Waals surface area contributed by atoms with Crippen LogP contribution < -0.4 is 0 Å². The minimum atomic E-state index is -0.254. The molecule has 0 radical (unpaired) electrons. The van der Waals surface area contributed by atoms with Gasteiger partial charge < -0.3 is 9.47 Å². The summed E-state index contributed by atoms with van der Waals surface area (Å²) in [6.07, 6.45) is 3.43. The minimum Gasteiger partial charge on any atom is -0.348 e. The Morgan fingerprint density at radius 1 is 1.29 bits per heavy atom. The van der Waals surface area contributed by atoms with Gasteiger partial charge in [0.25, 0.3) is 0 Å². The Bertz CT molecular complexity index is 474. The fourth-order valence-corrected chi connectivity index (χ4v) is 2.49. The SMILES string of the molecule is CCC(C)CC[C@H]1CO[C@H](c2ccc(N=C=S)cc2)OC1. The first-order valence-corrected chi connectivity index (χ1v) is 8.04. The number of hydrogen-bond donors (Lipinski definition) is 0. The van der Waals surface area contributed by atoms with Gasteiger partial charge >= 0.3 is 0 Å². The molecule has 1 aliphatic heterocycles. The van der Waals surface area contributed by atoms with Crippen molar-refractivity contribution in [1.82, 2.24) is 0 Å². The summed E-state index contributed by atoms with van der Waals surface area (Å²) in [6.45, 7) is 6.10. The van der Waals surface area contributed by atoms with E-state index in [1.54, 1.807) is 0 Å². The molecule has 0 amide bonds. The Morgan fingerprint density at radius 3 is 2.52 bits per heavy atom. The lowest BCUT2D eigenvalue weighted by atomic mass is 9.96. The van der Waals surface area contributed by atoms with Gasteiger partial charge in [0.1, 0.15) is 0 Å². The van der Waals surface area contributed by atoms with E-state index in [-0.39, 0.29) is 6.29 Å². The van der Waals surface area contributed by atoms with Crippen LogP contribution in [0.1, 0.15) is 45.0 Å². The predicted molar refractivity (Wildman–Crippen MR) is 88.0 cm³/mol. The molecule has 1 aromatic carbocycles. The van der Waals surface area contributed by atoms with Crippen LogP contribution >= 0.6 is 12.2 Å². The lowest BCUT2D eigenvalue weighted by molar-refractivity contribution is -0.206. The van der Waals surface area contributed by atoms with Crippen LogP contribution in [0.25, 0.3) is 0 Å². The van der Waals surface area contributed by atoms with Crippen LogP contribution in [0.5, 0.6) is 0 Å². The van der Waals surface area contributed by atoms with Crippen LogP contribution in [-0.4, -0.2) is 18.4 Å². The van der Waals surface area contributed by atoms with Crippen LogP contribution in [0, 0.1) is 11.8 Å². The molecule has 1 heterocycles. The van der Waals surface area contributed by atoms with Gasteiger partial charge in [0, 0.05) is 11.5 Å². The van der Waals surface area contributed by atoms with Crippen molar-refractivity contribution < 1.29 is 9.47 Å². The molecule has 0 spiro atoms. The molecular formula is C17H23NO2S. The van der Waals surface area contributed by atoms with Gasteiger partial charge in [-0.1, -0.05) is 38.8 Å². The van der Waals surface area contributed by atoms with Gasteiger partial charge in [-0.25, -0.2) is 0 Å². The number of isothiocyanates is 1. The van der Waals surface area contributed by atoms with E-state index in [0.29, 0.717) is 5.92 Å². The zero-order valence-corrected chi connectivity index (χ0v) is 13.6. The highest BCUT2D eigenvalue weighted by molar-refractivity contribution is 7.78. The molecule has 0 saturated carbocycles. The van der Waals surface area contributed by atoms with Gasteiger partial charge in [0.15, 0.2) is 6.29 Å². The second kappa shape index (κ2) is 8.40. The van der Waals surface area contributed by atoms with Gasteiger partial charge in [0.05, 0.1) is 24.1 Å². The lowest BCUT2D eigenvalue weighted by Crippen LogP contribution is -2.27. The number of rotatable bonds is 6. The number of aliphatic imine (C=N–C) groups is 1. The van der Waals surface area contributed by atoms with Gasteiger partial charge in [-0.05, 0) is 36.7 Å². The molecule has 1 atom stereocenters. The molecule has 0 aliphatic carbocycles. The molecule has 21 heavy (non-hydrogen) atoms. The molecule has 1 unspecified atom stereocenters. The van der Waals surface area contributed by atoms with E-state index in [1.807, 2.05) is 24.3 Å². The summed E-state index contributed by atoms with van der Waals surface area (Å²) in [4.78, 5) is 3.94. The van der Waals surface area contributed by atoms with Gasteiger partial charge in [-0.3, -0.25) is 0 Å². The van der Waals surface area contributed by atoms with Crippen LogP contribution in [0.15, 0.2) is 29.3 Å². The van der Waals surface area contributed by atoms with Crippen LogP contribution in [0.2, 0.25) is 0 Å². The third kappa shape index (κ3) is 5.01. The summed E-state index contributed by atoms with van der Waals surface area (Å²) >= 11 is 4.59. The van der Waals surface area contributed by atoms with Crippen molar-refractivity contribution in [2.45, 2.75) is 39.4 Å². The third-order valence-electron chi connectivity index (χ3n) is 4.07. The summed E-state index contributed by atoms with van der Waals surface area (Å²) in [5.74, 6) is 1.31. The molecular weight excluding hydrogens is 282 g/mol. The highest BCUT2D eigenvalue weighted by Gasteiger charge is 2.23. The Morgan fingerprint density at radius 2 is 1.95 bits per heavy atom. The first-order valence-electron chi connectivity index (χ1n) is 7.64. The first kappa shape index (κ1) is 16.3. The highest BCUT2D eigenvalue weighted by atomic mass is 32.1. The second-order valence-corrected chi connectivity index (χ2v) is 5.93. The maximum Gasteiger partial charge on any atom is 0.183 e. The largest absolute Gasteiger partial charge is 0.348 e. The van der Waals surface area contributed by atoms with E-state index < -0.39 is 0 Å².